The van der Waals surface area contributed by atoms with Crippen LogP contribution in [0.3, 0.4) is 0 Å². The number of nitrogens with one attached hydrogen (secondary N) is 1. The number of pyridine rings is 1. The van der Waals surface area contributed by atoms with E-state index in [2.05, 4.69) is 29.2 Å². The lowest BCUT2D eigenvalue weighted by atomic mass is 9.98. The summed E-state index contributed by atoms with van der Waals surface area (Å²) in [7, 11) is 0. The van der Waals surface area contributed by atoms with E-state index >= 15 is 0 Å². The van der Waals surface area contributed by atoms with Crippen molar-refractivity contribution in [2.75, 3.05) is 13.1 Å². The van der Waals surface area contributed by atoms with Gasteiger partial charge in [-0.3, -0.25) is 9.59 Å². The molecule has 0 fully saturated rings. The van der Waals surface area contributed by atoms with Gasteiger partial charge < -0.3 is 9.88 Å². The lowest BCUT2D eigenvalue weighted by Crippen LogP contribution is -2.35. The van der Waals surface area contributed by atoms with Crippen LogP contribution < -0.4 is 5.56 Å². The molecule has 5 heteroatoms. The van der Waals surface area contributed by atoms with E-state index in [4.69, 9.17) is 0 Å². The van der Waals surface area contributed by atoms with Crippen LogP contribution >= 0.6 is 0 Å². The molecule has 1 N–H and O–H groups in total. The molecule has 3 rings (SSSR count). The highest BCUT2D eigenvalue weighted by Gasteiger charge is 2.17. The predicted molar refractivity (Wildman–Crippen MR) is 126 cm³/mol. The number of aromatic nitrogens is 1. The Balaban J connectivity index is 1.71. The molecule has 0 unspecified atom stereocenters. The quantitative estimate of drug-likeness (QED) is 0.558. The lowest BCUT2D eigenvalue weighted by molar-refractivity contribution is -0.131. The summed E-state index contributed by atoms with van der Waals surface area (Å²) < 4.78 is 0. The molecule has 0 aliphatic carbocycles. The van der Waals surface area contributed by atoms with Crippen molar-refractivity contribution in [3.05, 3.63) is 105 Å². The topological polar surface area (TPSA) is 77.0 Å². The number of nitrogens with zero attached hydrogens (tertiary/aromatic N) is 2. The summed E-state index contributed by atoms with van der Waals surface area (Å²) in [5.41, 5.74) is 4.43. The van der Waals surface area contributed by atoms with E-state index < -0.39 is 0 Å². The first-order valence-corrected chi connectivity index (χ1v) is 11.0. The monoisotopic (exact) mass is 427 g/mol. The van der Waals surface area contributed by atoms with Crippen molar-refractivity contribution in [1.82, 2.24) is 9.88 Å². The van der Waals surface area contributed by atoms with Gasteiger partial charge in [-0.15, -0.1) is 0 Å². The molecule has 3 aromatic rings. The maximum atomic E-state index is 13.2. The van der Waals surface area contributed by atoms with Gasteiger partial charge in [0.05, 0.1) is 0 Å². The average Bonchev–Trinajstić information content (AvgIpc) is 2.80. The standard InChI is InChI=1S/C27H29N3O2/c1-20-24(21(2)29-27(32)25(20)19-28)13-14-26(31)30(17-15-22-9-5-3-6-10-22)18-16-23-11-7-4-8-12-23/h3-12H,13-18H2,1-2H3,(H,29,32). The second-order valence-corrected chi connectivity index (χ2v) is 8.02. The summed E-state index contributed by atoms with van der Waals surface area (Å²) in [5, 5.41) is 9.29. The van der Waals surface area contributed by atoms with E-state index in [0.29, 0.717) is 31.5 Å². The molecule has 5 nitrogen and oxygen atoms in total. The van der Waals surface area contributed by atoms with Crippen molar-refractivity contribution in [3.8, 4) is 6.07 Å². The summed E-state index contributed by atoms with van der Waals surface area (Å²) in [6.07, 6.45) is 2.44. The van der Waals surface area contributed by atoms with Crippen LogP contribution in [0.5, 0.6) is 0 Å². The molecule has 0 aliphatic rings. The van der Waals surface area contributed by atoms with Gasteiger partial charge in [0.1, 0.15) is 11.6 Å². The van der Waals surface area contributed by atoms with E-state index in [0.717, 1.165) is 24.1 Å². The highest BCUT2D eigenvalue weighted by atomic mass is 16.2. The van der Waals surface area contributed by atoms with Crippen LogP contribution in [0.15, 0.2) is 65.5 Å². The van der Waals surface area contributed by atoms with Gasteiger partial charge in [-0.25, -0.2) is 0 Å². The molecule has 0 bridgehead atoms. The number of carbonyl (C=O) groups excluding carboxylic acids is 1. The Labute approximate surface area is 189 Å². The number of aromatic amines is 1. The summed E-state index contributed by atoms with van der Waals surface area (Å²) >= 11 is 0. The minimum atomic E-state index is -0.370. The van der Waals surface area contributed by atoms with Crippen molar-refractivity contribution in [2.45, 2.75) is 39.5 Å². The van der Waals surface area contributed by atoms with E-state index in [1.165, 1.54) is 11.1 Å². The fourth-order valence-corrected chi connectivity index (χ4v) is 3.99. The Morgan fingerprint density at radius 3 is 1.94 bits per heavy atom. The molecular weight excluding hydrogens is 398 g/mol. The molecule has 1 heterocycles. The number of benzene rings is 2. The summed E-state index contributed by atoms with van der Waals surface area (Å²) in [5.74, 6) is 0.0837. The van der Waals surface area contributed by atoms with Gasteiger partial charge in [0.25, 0.3) is 5.56 Å². The van der Waals surface area contributed by atoms with Crippen LogP contribution in [-0.2, 0) is 24.1 Å². The Morgan fingerprint density at radius 2 is 1.44 bits per heavy atom. The van der Waals surface area contributed by atoms with Crippen molar-refractivity contribution >= 4 is 5.91 Å². The molecular formula is C27H29N3O2. The molecule has 0 atom stereocenters. The minimum Gasteiger partial charge on any atom is -0.342 e. The summed E-state index contributed by atoms with van der Waals surface area (Å²) in [6.45, 7) is 4.91. The SMILES string of the molecule is Cc1[nH]c(=O)c(C#N)c(C)c1CCC(=O)N(CCc1ccccc1)CCc1ccccc1. The Morgan fingerprint density at radius 1 is 0.906 bits per heavy atom. The maximum absolute atomic E-state index is 13.2. The largest absolute Gasteiger partial charge is 0.342 e. The van der Waals surface area contributed by atoms with Gasteiger partial charge in [0.15, 0.2) is 0 Å². The summed E-state index contributed by atoms with van der Waals surface area (Å²) in [6, 6.07) is 22.3. The smallest absolute Gasteiger partial charge is 0.266 e. The second-order valence-electron chi connectivity index (χ2n) is 8.02. The Hall–Kier alpha value is -3.65. The second kappa shape index (κ2) is 11.1. The van der Waals surface area contributed by atoms with Crippen LogP contribution in [0.2, 0.25) is 0 Å². The molecule has 32 heavy (non-hydrogen) atoms. The van der Waals surface area contributed by atoms with Crippen LogP contribution in [0.1, 0.15) is 39.9 Å². The van der Waals surface area contributed by atoms with Crippen LogP contribution in [0.25, 0.3) is 0 Å². The summed E-state index contributed by atoms with van der Waals surface area (Å²) in [4.78, 5) is 29.8. The van der Waals surface area contributed by atoms with Crippen molar-refractivity contribution in [3.63, 3.8) is 0 Å². The number of hydrogen-bond donors (Lipinski definition) is 1. The third-order valence-corrected chi connectivity index (χ3v) is 5.89. The van der Waals surface area contributed by atoms with Gasteiger partial charge in [-0.1, -0.05) is 60.7 Å². The molecule has 0 saturated heterocycles. The Bertz CT molecular complexity index is 1100. The number of carbonyl (C=O) groups is 1. The molecule has 1 amide bonds. The first-order chi connectivity index (χ1) is 15.5. The zero-order valence-corrected chi connectivity index (χ0v) is 18.7. The number of H-pyrrole nitrogens is 1. The maximum Gasteiger partial charge on any atom is 0.266 e. The number of nitriles is 1. The Kier molecular flexibility index (Phi) is 7.99. The number of rotatable bonds is 9. The molecule has 0 aliphatic heterocycles. The van der Waals surface area contributed by atoms with Gasteiger partial charge in [-0.2, -0.15) is 5.26 Å². The van der Waals surface area contributed by atoms with Crippen LogP contribution in [0.4, 0.5) is 0 Å². The zero-order chi connectivity index (χ0) is 22.9. The van der Waals surface area contributed by atoms with Gasteiger partial charge >= 0.3 is 0 Å². The van der Waals surface area contributed by atoms with Crippen LogP contribution in [0, 0.1) is 25.2 Å². The average molecular weight is 428 g/mol. The molecule has 164 valence electrons. The normalized spacial score (nSPS) is 10.5. The highest BCUT2D eigenvalue weighted by Crippen LogP contribution is 2.16. The van der Waals surface area contributed by atoms with E-state index in [1.807, 2.05) is 54.3 Å². The fourth-order valence-electron chi connectivity index (χ4n) is 3.99. The van der Waals surface area contributed by atoms with Crippen molar-refractivity contribution in [1.29, 1.82) is 5.26 Å². The predicted octanol–water partition coefficient (Wildman–Crippen LogP) is 4.11. The van der Waals surface area contributed by atoms with Gasteiger partial charge in [0, 0.05) is 25.2 Å². The first-order valence-electron chi connectivity index (χ1n) is 11.0. The first kappa shape index (κ1) is 23.0. The van der Waals surface area contributed by atoms with E-state index in [-0.39, 0.29) is 17.0 Å². The molecule has 2 aromatic carbocycles. The lowest BCUT2D eigenvalue weighted by Gasteiger charge is -2.23. The molecule has 0 radical (unpaired) electrons. The van der Waals surface area contributed by atoms with E-state index in [1.54, 1.807) is 6.92 Å². The van der Waals surface area contributed by atoms with Gasteiger partial charge in [0.2, 0.25) is 5.91 Å². The van der Waals surface area contributed by atoms with Crippen molar-refractivity contribution < 1.29 is 4.79 Å². The highest BCUT2D eigenvalue weighted by molar-refractivity contribution is 5.76. The number of hydrogen-bond acceptors (Lipinski definition) is 3. The fraction of sp³-hybridized carbons (Fsp3) is 0.296. The molecule has 0 saturated carbocycles. The third kappa shape index (κ3) is 5.95. The van der Waals surface area contributed by atoms with Crippen molar-refractivity contribution in [2.24, 2.45) is 0 Å². The minimum absolute atomic E-state index is 0.0837. The molecule has 1 aromatic heterocycles. The molecule has 0 spiro atoms. The van der Waals surface area contributed by atoms with Crippen LogP contribution in [-0.4, -0.2) is 28.9 Å². The van der Waals surface area contributed by atoms with Gasteiger partial charge in [-0.05, 0) is 55.4 Å². The van der Waals surface area contributed by atoms with E-state index in [9.17, 15) is 14.9 Å². The third-order valence-electron chi connectivity index (χ3n) is 5.89. The zero-order valence-electron chi connectivity index (χ0n) is 18.7. The number of aryl methyl sites for hydroxylation is 1. The number of amides is 1.